The van der Waals surface area contributed by atoms with Gasteiger partial charge in [-0.05, 0) is 35.2 Å². The molecule has 0 bridgehead atoms. The van der Waals surface area contributed by atoms with Crippen molar-refractivity contribution >= 4 is 30.8 Å². The number of rotatable bonds is 4. The number of alkyl halides is 3. The van der Waals surface area contributed by atoms with Crippen molar-refractivity contribution in [1.82, 2.24) is 4.98 Å². The molecule has 0 aliphatic carbocycles. The summed E-state index contributed by atoms with van der Waals surface area (Å²) in [5.74, 6) is -0.516. The molecule has 1 atom stereocenters. The van der Waals surface area contributed by atoms with Crippen molar-refractivity contribution in [2.45, 2.75) is 18.6 Å². The van der Waals surface area contributed by atoms with E-state index in [1.54, 1.807) is 24.3 Å². The molecule has 4 nitrogen and oxygen atoms in total. The van der Waals surface area contributed by atoms with Gasteiger partial charge in [-0.15, -0.1) is 24.8 Å². The van der Waals surface area contributed by atoms with Crippen LogP contribution in [0.5, 0.6) is 0 Å². The third kappa shape index (κ3) is 6.19. The fraction of sp³-hybridized carbons (Fsp3) is 0.250. The molecule has 0 spiro atoms. The minimum atomic E-state index is -4.48. The van der Waals surface area contributed by atoms with Crippen LogP contribution in [0.25, 0.3) is 11.1 Å². The quantitative estimate of drug-likeness (QED) is 0.800. The lowest BCUT2D eigenvalue weighted by molar-refractivity contribution is -0.142. The molecule has 0 aliphatic heterocycles. The van der Waals surface area contributed by atoms with Crippen molar-refractivity contribution in [1.29, 1.82) is 0 Å². The highest BCUT2D eigenvalue weighted by Gasteiger charge is 2.32. The van der Waals surface area contributed by atoms with Gasteiger partial charge in [0.15, 0.2) is 0 Å². The van der Waals surface area contributed by atoms with Gasteiger partial charge in [0, 0.05) is 6.20 Å². The van der Waals surface area contributed by atoms with E-state index in [0.717, 1.165) is 17.8 Å². The van der Waals surface area contributed by atoms with Crippen molar-refractivity contribution in [2.75, 3.05) is 7.11 Å². The molecule has 1 unspecified atom stereocenters. The van der Waals surface area contributed by atoms with Crippen LogP contribution in [0.2, 0.25) is 0 Å². The van der Waals surface area contributed by atoms with E-state index in [1.807, 2.05) is 0 Å². The largest absolute Gasteiger partial charge is 0.468 e. The Morgan fingerprint density at radius 1 is 1.16 bits per heavy atom. The van der Waals surface area contributed by atoms with E-state index in [2.05, 4.69) is 9.72 Å². The lowest BCUT2D eigenvalue weighted by Gasteiger charge is -2.10. The van der Waals surface area contributed by atoms with Crippen molar-refractivity contribution < 1.29 is 22.7 Å². The van der Waals surface area contributed by atoms with Crippen LogP contribution in [0, 0.1) is 0 Å². The summed E-state index contributed by atoms with van der Waals surface area (Å²) < 4.78 is 42.6. The molecule has 138 valence electrons. The zero-order valence-corrected chi connectivity index (χ0v) is 14.8. The molecular formula is C16H17Cl2F3N2O2. The van der Waals surface area contributed by atoms with E-state index in [9.17, 15) is 18.0 Å². The summed E-state index contributed by atoms with van der Waals surface area (Å²) in [6.07, 6.45) is -3.07. The van der Waals surface area contributed by atoms with Gasteiger partial charge in [0.2, 0.25) is 0 Å². The molecule has 25 heavy (non-hydrogen) atoms. The number of aromatic nitrogens is 1. The van der Waals surface area contributed by atoms with E-state index < -0.39 is 23.9 Å². The number of esters is 1. The monoisotopic (exact) mass is 396 g/mol. The van der Waals surface area contributed by atoms with Gasteiger partial charge in [-0.3, -0.25) is 9.78 Å². The highest BCUT2D eigenvalue weighted by atomic mass is 35.5. The minimum absolute atomic E-state index is 0. The second-order valence-electron chi connectivity index (χ2n) is 4.96. The smallest absolute Gasteiger partial charge is 0.433 e. The highest BCUT2D eigenvalue weighted by molar-refractivity contribution is 5.85. The van der Waals surface area contributed by atoms with Crippen molar-refractivity contribution in [3.8, 4) is 11.1 Å². The van der Waals surface area contributed by atoms with Crippen molar-refractivity contribution in [2.24, 2.45) is 5.73 Å². The zero-order chi connectivity index (χ0) is 17.0. The summed E-state index contributed by atoms with van der Waals surface area (Å²) >= 11 is 0. The first-order chi connectivity index (χ1) is 10.8. The molecule has 0 saturated carbocycles. The summed E-state index contributed by atoms with van der Waals surface area (Å²) in [7, 11) is 1.26. The second-order valence-corrected chi connectivity index (χ2v) is 4.96. The number of benzene rings is 1. The third-order valence-corrected chi connectivity index (χ3v) is 3.30. The Morgan fingerprint density at radius 2 is 1.76 bits per heavy atom. The molecule has 0 radical (unpaired) electrons. The first kappa shape index (κ1) is 23.2. The van der Waals surface area contributed by atoms with Crippen LogP contribution in [0.4, 0.5) is 13.2 Å². The van der Waals surface area contributed by atoms with E-state index in [1.165, 1.54) is 13.2 Å². The number of hydrogen-bond donors (Lipinski definition) is 1. The molecule has 0 saturated heterocycles. The molecule has 1 aromatic heterocycles. The number of nitrogens with zero attached hydrogens (tertiary/aromatic N) is 1. The first-order valence-electron chi connectivity index (χ1n) is 6.77. The number of ether oxygens (including phenoxy) is 1. The number of pyridine rings is 1. The predicted octanol–water partition coefficient (Wildman–Crippen LogP) is 3.65. The predicted molar refractivity (Wildman–Crippen MR) is 92.9 cm³/mol. The second kappa shape index (κ2) is 9.60. The summed E-state index contributed by atoms with van der Waals surface area (Å²) in [6, 6.07) is 8.50. The van der Waals surface area contributed by atoms with Gasteiger partial charge < -0.3 is 10.5 Å². The number of methoxy groups -OCH3 is 1. The SMILES string of the molecule is COC(=O)C(N)Cc1ccc(-c2ccnc(C(F)(F)F)c2)cc1.Cl.Cl. The number of hydrogen-bond acceptors (Lipinski definition) is 4. The Kier molecular flexibility index (Phi) is 8.90. The number of nitrogens with two attached hydrogens (primary N) is 1. The highest BCUT2D eigenvalue weighted by Crippen LogP contribution is 2.30. The van der Waals surface area contributed by atoms with Crippen LogP contribution in [-0.2, 0) is 22.1 Å². The van der Waals surface area contributed by atoms with E-state index in [4.69, 9.17) is 5.73 Å². The maximum atomic E-state index is 12.7. The molecule has 0 amide bonds. The van der Waals surface area contributed by atoms with Gasteiger partial charge in [-0.25, -0.2) is 0 Å². The molecule has 0 fully saturated rings. The topological polar surface area (TPSA) is 65.2 Å². The minimum Gasteiger partial charge on any atom is -0.468 e. The first-order valence-corrected chi connectivity index (χ1v) is 6.77. The van der Waals surface area contributed by atoms with Gasteiger partial charge in [0.1, 0.15) is 11.7 Å². The standard InChI is InChI=1S/C16H15F3N2O2.2ClH/c1-23-15(22)13(20)8-10-2-4-11(5-3-10)12-6-7-21-14(9-12)16(17,18)19;;/h2-7,9,13H,8,20H2,1H3;2*1H. The fourth-order valence-corrected chi connectivity index (χ4v) is 2.09. The van der Waals surface area contributed by atoms with Crippen LogP contribution in [0.1, 0.15) is 11.3 Å². The maximum Gasteiger partial charge on any atom is 0.433 e. The number of halogens is 5. The van der Waals surface area contributed by atoms with Crippen LogP contribution in [-0.4, -0.2) is 24.1 Å². The van der Waals surface area contributed by atoms with Gasteiger partial charge in [-0.2, -0.15) is 13.2 Å². The van der Waals surface area contributed by atoms with E-state index >= 15 is 0 Å². The molecule has 2 rings (SSSR count). The Labute approximate surface area is 155 Å². The normalized spacial score (nSPS) is 11.7. The van der Waals surface area contributed by atoms with Crippen molar-refractivity contribution in [3.05, 3.63) is 53.9 Å². The summed E-state index contributed by atoms with van der Waals surface area (Å²) in [5.41, 5.74) is 6.55. The fourth-order valence-electron chi connectivity index (χ4n) is 2.09. The Balaban J connectivity index is 0.00000288. The molecule has 2 aromatic rings. The Bertz CT molecular complexity index is 695. The zero-order valence-electron chi connectivity index (χ0n) is 13.1. The third-order valence-electron chi connectivity index (χ3n) is 3.30. The van der Waals surface area contributed by atoms with Gasteiger partial charge in [0.05, 0.1) is 7.11 Å². The summed E-state index contributed by atoms with van der Waals surface area (Å²) in [5, 5.41) is 0. The Hall–Kier alpha value is -1.83. The average molecular weight is 397 g/mol. The number of carbonyl (C=O) groups is 1. The van der Waals surface area contributed by atoms with Crippen LogP contribution < -0.4 is 5.73 Å². The van der Waals surface area contributed by atoms with Crippen LogP contribution >= 0.6 is 24.8 Å². The van der Waals surface area contributed by atoms with Crippen LogP contribution in [0.3, 0.4) is 0 Å². The lowest BCUT2D eigenvalue weighted by Crippen LogP contribution is -2.33. The summed E-state index contributed by atoms with van der Waals surface area (Å²) in [6.45, 7) is 0. The molecule has 2 N–H and O–H groups in total. The van der Waals surface area contributed by atoms with Gasteiger partial charge >= 0.3 is 12.1 Å². The van der Waals surface area contributed by atoms with Gasteiger partial charge in [0.25, 0.3) is 0 Å². The van der Waals surface area contributed by atoms with Gasteiger partial charge in [-0.1, -0.05) is 24.3 Å². The average Bonchev–Trinajstić information content (AvgIpc) is 2.54. The van der Waals surface area contributed by atoms with Crippen LogP contribution in [0.15, 0.2) is 42.6 Å². The van der Waals surface area contributed by atoms with E-state index in [0.29, 0.717) is 11.1 Å². The lowest BCUT2D eigenvalue weighted by atomic mass is 10.0. The number of carbonyl (C=O) groups excluding carboxylic acids is 1. The Morgan fingerprint density at radius 3 is 2.28 bits per heavy atom. The molecule has 1 aromatic carbocycles. The molecule has 9 heteroatoms. The van der Waals surface area contributed by atoms with E-state index in [-0.39, 0.29) is 31.2 Å². The molecule has 1 heterocycles. The molecular weight excluding hydrogens is 380 g/mol. The summed E-state index contributed by atoms with van der Waals surface area (Å²) in [4.78, 5) is 14.6. The van der Waals surface area contributed by atoms with Crippen molar-refractivity contribution in [3.63, 3.8) is 0 Å². The maximum absolute atomic E-state index is 12.7. The molecule has 0 aliphatic rings.